The number of rotatable bonds is 4. The van der Waals surface area contributed by atoms with Gasteiger partial charge in [0, 0.05) is 11.4 Å². The van der Waals surface area contributed by atoms with Gasteiger partial charge in [0.15, 0.2) is 6.54 Å². The first-order valence-electron chi connectivity index (χ1n) is 9.20. The highest BCUT2D eigenvalue weighted by atomic mass is 16.2. The van der Waals surface area contributed by atoms with Gasteiger partial charge in [-0.05, 0) is 35.0 Å². The second-order valence-electron chi connectivity index (χ2n) is 6.86. The van der Waals surface area contributed by atoms with Crippen LogP contribution >= 0.6 is 0 Å². The van der Waals surface area contributed by atoms with Gasteiger partial charge in [-0.15, -0.1) is 0 Å². The first-order chi connectivity index (χ1) is 12.8. The molecule has 4 nitrogen and oxygen atoms in total. The Morgan fingerprint density at radius 2 is 1.58 bits per heavy atom. The number of carbonyl (C=O) groups is 1. The summed E-state index contributed by atoms with van der Waals surface area (Å²) in [7, 11) is 0. The van der Waals surface area contributed by atoms with E-state index >= 15 is 0 Å². The first kappa shape index (κ1) is 16.6. The first-order valence-corrected chi connectivity index (χ1v) is 9.20. The summed E-state index contributed by atoms with van der Waals surface area (Å²) >= 11 is 0. The number of nitrogens with one attached hydrogen (secondary N) is 2. The Bertz CT molecular complexity index is 886. The standard InChI is InChI=1S/C22H23N3O/c26-22(23-20-11-10-18-6-4-5-7-19(18)16-20)17-24-12-14-25(15-13-24)21-8-2-1-3-9-21/h1-11,16H,12-15,17H2,(H,23,26)/p+1. The summed E-state index contributed by atoms with van der Waals surface area (Å²) in [4.78, 5) is 16.2. The maximum absolute atomic E-state index is 12.4. The van der Waals surface area contributed by atoms with Crippen molar-refractivity contribution in [3.05, 3.63) is 72.8 Å². The SMILES string of the molecule is O=C(C[NH+]1CCN(c2ccccc2)CC1)Nc1ccc2ccccc2c1. The molecule has 1 aliphatic rings. The minimum atomic E-state index is 0.0865. The van der Waals surface area contributed by atoms with Crippen LogP contribution in [0.4, 0.5) is 11.4 Å². The molecule has 0 aliphatic carbocycles. The zero-order valence-electron chi connectivity index (χ0n) is 14.8. The number of nitrogens with zero attached hydrogens (tertiary/aromatic N) is 1. The topological polar surface area (TPSA) is 36.8 Å². The molecule has 0 saturated carbocycles. The van der Waals surface area contributed by atoms with Gasteiger partial charge in [0.1, 0.15) is 0 Å². The van der Waals surface area contributed by atoms with E-state index in [2.05, 4.69) is 52.7 Å². The fourth-order valence-electron chi connectivity index (χ4n) is 3.60. The maximum Gasteiger partial charge on any atom is 0.279 e. The number of quaternary nitrogens is 1. The molecule has 2 N–H and O–H groups in total. The van der Waals surface area contributed by atoms with Crippen molar-refractivity contribution in [2.24, 2.45) is 0 Å². The Morgan fingerprint density at radius 1 is 0.885 bits per heavy atom. The molecular formula is C22H24N3O+. The number of fused-ring (bicyclic) bond motifs is 1. The van der Waals surface area contributed by atoms with Crippen LogP contribution in [0, 0.1) is 0 Å². The molecule has 0 unspecified atom stereocenters. The summed E-state index contributed by atoms with van der Waals surface area (Å²) in [6.45, 7) is 4.47. The van der Waals surface area contributed by atoms with Crippen LogP contribution in [0.1, 0.15) is 0 Å². The third-order valence-electron chi connectivity index (χ3n) is 5.04. The summed E-state index contributed by atoms with van der Waals surface area (Å²) in [5.41, 5.74) is 2.14. The van der Waals surface area contributed by atoms with Crippen molar-refractivity contribution in [3.8, 4) is 0 Å². The van der Waals surface area contributed by atoms with Gasteiger partial charge < -0.3 is 15.1 Å². The summed E-state index contributed by atoms with van der Waals surface area (Å²) in [6.07, 6.45) is 0. The van der Waals surface area contributed by atoms with Crippen molar-refractivity contribution in [3.63, 3.8) is 0 Å². The third-order valence-corrected chi connectivity index (χ3v) is 5.04. The number of benzene rings is 3. The maximum atomic E-state index is 12.4. The summed E-state index contributed by atoms with van der Waals surface area (Å²) in [5, 5.41) is 5.39. The lowest BCUT2D eigenvalue weighted by Gasteiger charge is -2.33. The minimum Gasteiger partial charge on any atom is -0.360 e. The van der Waals surface area contributed by atoms with Gasteiger partial charge in [-0.25, -0.2) is 0 Å². The van der Waals surface area contributed by atoms with Crippen molar-refractivity contribution in [2.75, 3.05) is 42.9 Å². The molecule has 1 aliphatic heterocycles. The van der Waals surface area contributed by atoms with Crippen molar-refractivity contribution in [2.45, 2.75) is 0 Å². The molecule has 0 spiro atoms. The molecule has 4 rings (SSSR count). The fraction of sp³-hybridized carbons (Fsp3) is 0.227. The lowest BCUT2D eigenvalue weighted by molar-refractivity contribution is -0.892. The van der Waals surface area contributed by atoms with Crippen LogP contribution in [0.3, 0.4) is 0 Å². The van der Waals surface area contributed by atoms with Gasteiger partial charge in [-0.1, -0.05) is 48.5 Å². The number of hydrogen-bond acceptors (Lipinski definition) is 2. The second kappa shape index (κ2) is 7.58. The van der Waals surface area contributed by atoms with Gasteiger partial charge in [0.25, 0.3) is 5.91 Å². The number of amides is 1. The average Bonchev–Trinajstić information content (AvgIpc) is 2.69. The van der Waals surface area contributed by atoms with Crippen LogP contribution in [0.5, 0.6) is 0 Å². The van der Waals surface area contributed by atoms with Crippen LogP contribution in [0.25, 0.3) is 10.8 Å². The monoisotopic (exact) mass is 346 g/mol. The zero-order chi connectivity index (χ0) is 17.8. The normalized spacial score (nSPS) is 15.2. The van der Waals surface area contributed by atoms with Gasteiger partial charge in [-0.3, -0.25) is 4.79 Å². The number of para-hydroxylation sites is 1. The van der Waals surface area contributed by atoms with E-state index in [1.165, 1.54) is 16.0 Å². The molecule has 1 saturated heterocycles. The number of piperazine rings is 1. The number of hydrogen-bond donors (Lipinski definition) is 2. The van der Waals surface area contributed by atoms with E-state index in [-0.39, 0.29) is 5.91 Å². The number of anilines is 2. The molecule has 0 bridgehead atoms. The molecule has 132 valence electrons. The minimum absolute atomic E-state index is 0.0865. The van der Waals surface area contributed by atoms with Crippen molar-refractivity contribution in [1.29, 1.82) is 0 Å². The molecule has 0 atom stereocenters. The molecule has 26 heavy (non-hydrogen) atoms. The van der Waals surface area contributed by atoms with E-state index in [1.54, 1.807) is 0 Å². The van der Waals surface area contributed by atoms with E-state index in [9.17, 15) is 4.79 Å². The van der Waals surface area contributed by atoms with Gasteiger partial charge in [0.05, 0.1) is 26.2 Å². The summed E-state index contributed by atoms with van der Waals surface area (Å²) in [5.74, 6) is 0.0865. The molecular weight excluding hydrogens is 322 g/mol. The molecule has 3 aromatic rings. The highest BCUT2D eigenvalue weighted by Gasteiger charge is 2.22. The van der Waals surface area contributed by atoms with E-state index in [0.717, 1.165) is 37.3 Å². The quantitative estimate of drug-likeness (QED) is 0.760. The fourth-order valence-corrected chi connectivity index (χ4v) is 3.60. The molecule has 3 aromatic carbocycles. The lowest BCUT2D eigenvalue weighted by Crippen LogP contribution is -3.15. The van der Waals surface area contributed by atoms with Crippen LogP contribution < -0.4 is 15.1 Å². The average molecular weight is 346 g/mol. The Hall–Kier alpha value is -2.85. The Kier molecular flexibility index (Phi) is 4.84. The smallest absolute Gasteiger partial charge is 0.279 e. The Morgan fingerprint density at radius 3 is 2.35 bits per heavy atom. The molecule has 0 aromatic heterocycles. The van der Waals surface area contributed by atoms with Crippen LogP contribution in [-0.2, 0) is 4.79 Å². The lowest BCUT2D eigenvalue weighted by atomic mass is 10.1. The van der Waals surface area contributed by atoms with E-state index in [1.807, 2.05) is 30.3 Å². The number of carbonyl (C=O) groups excluding carboxylic acids is 1. The van der Waals surface area contributed by atoms with Crippen molar-refractivity contribution >= 4 is 28.1 Å². The van der Waals surface area contributed by atoms with E-state index < -0.39 is 0 Å². The molecule has 4 heteroatoms. The van der Waals surface area contributed by atoms with Gasteiger partial charge >= 0.3 is 0 Å². The van der Waals surface area contributed by atoms with Crippen LogP contribution in [0.15, 0.2) is 72.8 Å². The van der Waals surface area contributed by atoms with E-state index in [0.29, 0.717) is 6.54 Å². The van der Waals surface area contributed by atoms with Crippen molar-refractivity contribution < 1.29 is 9.69 Å². The van der Waals surface area contributed by atoms with Crippen LogP contribution in [0.2, 0.25) is 0 Å². The Labute approximate surface area is 154 Å². The highest BCUT2D eigenvalue weighted by molar-refractivity contribution is 5.94. The molecule has 0 radical (unpaired) electrons. The van der Waals surface area contributed by atoms with Gasteiger partial charge in [0.2, 0.25) is 0 Å². The molecule has 1 fully saturated rings. The largest absolute Gasteiger partial charge is 0.360 e. The third kappa shape index (κ3) is 3.86. The second-order valence-corrected chi connectivity index (χ2v) is 6.86. The highest BCUT2D eigenvalue weighted by Crippen LogP contribution is 2.18. The Balaban J connectivity index is 1.31. The van der Waals surface area contributed by atoms with Gasteiger partial charge in [-0.2, -0.15) is 0 Å². The van der Waals surface area contributed by atoms with E-state index in [4.69, 9.17) is 0 Å². The van der Waals surface area contributed by atoms with Crippen LogP contribution in [-0.4, -0.2) is 38.6 Å². The molecule has 1 amide bonds. The predicted octanol–water partition coefficient (Wildman–Crippen LogP) is 2.18. The molecule has 1 heterocycles. The zero-order valence-corrected chi connectivity index (χ0v) is 14.8. The summed E-state index contributed by atoms with van der Waals surface area (Å²) in [6, 6.07) is 24.8. The van der Waals surface area contributed by atoms with Crippen molar-refractivity contribution in [1.82, 2.24) is 0 Å². The predicted molar refractivity (Wildman–Crippen MR) is 107 cm³/mol. The summed E-state index contributed by atoms with van der Waals surface area (Å²) < 4.78 is 0.